The van der Waals surface area contributed by atoms with Gasteiger partial charge in [-0.1, -0.05) is 12.1 Å². The van der Waals surface area contributed by atoms with Crippen molar-refractivity contribution >= 4 is 16.0 Å². The fraction of sp³-hybridized carbons (Fsp3) is 0.562. The molecule has 2 fully saturated rings. The van der Waals surface area contributed by atoms with Crippen LogP contribution in [0, 0.1) is 11.7 Å². The summed E-state index contributed by atoms with van der Waals surface area (Å²) in [5.41, 5.74) is -0.132. The van der Waals surface area contributed by atoms with Gasteiger partial charge in [0.1, 0.15) is 5.82 Å². The Bertz CT molecular complexity index is 715. The Morgan fingerprint density at radius 1 is 1.39 bits per heavy atom. The zero-order valence-corrected chi connectivity index (χ0v) is 13.6. The van der Waals surface area contributed by atoms with Gasteiger partial charge in [-0.15, -0.1) is 0 Å². The number of nitrogens with zero attached hydrogens (tertiary/aromatic N) is 1. The number of aliphatic carboxylic acids is 1. The molecule has 1 spiro atoms. The Kier molecular flexibility index (Phi) is 4.18. The molecule has 5 nitrogen and oxygen atoms in total. The molecule has 1 saturated heterocycles. The van der Waals surface area contributed by atoms with Crippen molar-refractivity contribution in [2.45, 2.75) is 43.4 Å². The van der Waals surface area contributed by atoms with Crippen molar-refractivity contribution in [1.82, 2.24) is 4.31 Å². The Balaban J connectivity index is 1.83. The van der Waals surface area contributed by atoms with Crippen LogP contribution in [0.15, 0.2) is 24.3 Å². The molecule has 1 unspecified atom stereocenters. The van der Waals surface area contributed by atoms with Gasteiger partial charge in [-0.2, -0.15) is 4.31 Å². The first-order valence-electron chi connectivity index (χ1n) is 7.80. The smallest absolute Gasteiger partial charge is 0.306 e. The highest BCUT2D eigenvalue weighted by Crippen LogP contribution is 2.47. The number of rotatable bonds is 4. The summed E-state index contributed by atoms with van der Waals surface area (Å²) in [6.45, 7) is 0.231. The van der Waals surface area contributed by atoms with Gasteiger partial charge in [0.05, 0.1) is 11.7 Å². The van der Waals surface area contributed by atoms with E-state index in [4.69, 9.17) is 0 Å². The van der Waals surface area contributed by atoms with Crippen molar-refractivity contribution < 1.29 is 22.7 Å². The molecule has 1 aliphatic carbocycles. The molecule has 1 aliphatic heterocycles. The topological polar surface area (TPSA) is 74.7 Å². The van der Waals surface area contributed by atoms with E-state index in [9.17, 15) is 22.7 Å². The molecule has 23 heavy (non-hydrogen) atoms. The molecule has 1 atom stereocenters. The summed E-state index contributed by atoms with van der Waals surface area (Å²) in [5, 5.41) is 9.24. The average molecular weight is 341 g/mol. The molecule has 1 saturated carbocycles. The van der Waals surface area contributed by atoms with Gasteiger partial charge in [0, 0.05) is 12.1 Å². The molecular weight excluding hydrogens is 321 g/mol. The fourth-order valence-corrected chi connectivity index (χ4v) is 5.76. The minimum atomic E-state index is -3.60. The van der Waals surface area contributed by atoms with Crippen LogP contribution in [0.25, 0.3) is 0 Å². The molecule has 7 heteroatoms. The van der Waals surface area contributed by atoms with Crippen LogP contribution < -0.4 is 0 Å². The maximum Gasteiger partial charge on any atom is 0.306 e. The van der Waals surface area contributed by atoms with Crippen LogP contribution in [-0.4, -0.2) is 35.9 Å². The van der Waals surface area contributed by atoms with E-state index in [1.165, 1.54) is 22.5 Å². The lowest BCUT2D eigenvalue weighted by Gasteiger charge is -2.53. The minimum Gasteiger partial charge on any atom is -0.481 e. The van der Waals surface area contributed by atoms with Gasteiger partial charge in [0.25, 0.3) is 0 Å². The molecule has 1 heterocycles. The van der Waals surface area contributed by atoms with E-state index >= 15 is 0 Å². The third-order valence-corrected chi connectivity index (χ3v) is 6.98. The quantitative estimate of drug-likeness (QED) is 0.912. The van der Waals surface area contributed by atoms with Crippen molar-refractivity contribution in [3.8, 4) is 0 Å². The second kappa shape index (κ2) is 5.87. The third-order valence-electron chi connectivity index (χ3n) is 5.04. The lowest BCUT2D eigenvalue weighted by atomic mass is 9.68. The van der Waals surface area contributed by atoms with E-state index in [1.54, 1.807) is 6.07 Å². The molecular formula is C16H20FNO4S. The van der Waals surface area contributed by atoms with Gasteiger partial charge in [-0.25, -0.2) is 12.8 Å². The average Bonchev–Trinajstić information content (AvgIpc) is 2.44. The molecule has 1 N–H and O–H groups in total. The lowest BCUT2D eigenvalue weighted by molar-refractivity contribution is -0.146. The number of carbonyl (C=O) groups is 1. The highest BCUT2D eigenvalue weighted by Gasteiger charge is 2.52. The Morgan fingerprint density at radius 2 is 2.13 bits per heavy atom. The van der Waals surface area contributed by atoms with Crippen molar-refractivity contribution in [2.24, 2.45) is 5.92 Å². The zero-order valence-electron chi connectivity index (χ0n) is 12.7. The lowest BCUT2D eigenvalue weighted by Crippen LogP contribution is -2.60. The van der Waals surface area contributed by atoms with Gasteiger partial charge in [-0.05, 0) is 49.8 Å². The van der Waals surface area contributed by atoms with Crippen molar-refractivity contribution in [2.75, 3.05) is 6.54 Å². The van der Waals surface area contributed by atoms with E-state index in [0.717, 1.165) is 6.42 Å². The van der Waals surface area contributed by atoms with Crippen molar-refractivity contribution in [3.05, 3.63) is 35.6 Å². The minimum absolute atomic E-state index is 0.231. The first kappa shape index (κ1) is 16.4. The second-order valence-corrected chi connectivity index (χ2v) is 8.46. The number of carboxylic acid groups (broad SMARTS) is 1. The van der Waals surface area contributed by atoms with E-state index in [2.05, 4.69) is 0 Å². The van der Waals surface area contributed by atoms with Gasteiger partial charge in [-0.3, -0.25) is 4.79 Å². The van der Waals surface area contributed by atoms with E-state index in [-0.39, 0.29) is 12.3 Å². The first-order valence-corrected chi connectivity index (χ1v) is 9.41. The Hall–Kier alpha value is -1.47. The van der Waals surface area contributed by atoms with Crippen LogP contribution in [0.1, 0.15) is 37.7 Å². The normalized spacial score (nSPS) is 24.3. The summed E-state index contributed by atoms with van der Waals surface area (Å²) in [6, 6.07) is 5.60. The fourth-order valence-electron chi connectivity index (χ4n) is 3.77. The van der Waals surface area contributed by atoms with Crippen LogP contribution in [0.3, 0.4) is 0 Å². The van der Waals surface area contributed by atoms with Crippen LogP contribution >= 0.6 is 0 Å². The van der Waals surface area contributed by atoms with Gasteiger partial charge < -0.3 is 5.11 Å². The molecule has 0 bridgehead atoms. The van der Waals surface area contributed by atoms with Crippen LogP contribution in [0.2, 0.25) is 0 Å². The number of hydrogen-bond donors (Lipinski definition) is 1. The number of carboxylic acids is 1. The Morgan fingerprint density at radius 3 is 2.70 bits per heavy atom. The summed E-state index contributed by atoms with van der Waals surface area (Å²) in [6.07, 6.45) is 3.04. The summed E-state index contributed by atoms with van der Waals surface area (Å²) in [4.78, 5) is 11.3. The molecule has 0 radical (unpaired) electrons. The van der Waals surface area contributed by atoms with E-state index in [0.29, 0.717) is 31.2 Å². The van der Waals surface area contributed by atoms with Crippen LogP contribution in [0.5, 0.6) is 0 Å². The molecule has 0 amide bonds. The summed E-state index contributed by atoms with van der Waals surface area (Å²) >= 11 is 0. The molecule has 126 valence electrons. The maximum atomic E-state index is 13.3. The number of benzene rings is 1. The van der Waals surface area contributed by atoms with Gasteiger partial charge in [0.2, 0.25) is 10.0 Å². The number of hydrogen-bond acceptors (Lipinski definition) is 3. The predicted molar refractivity (Wildman–Crippen MR) is 82.7 cm³/mol. The molecule has 3 rings (SSSR count). The number of piperidine rings is 1. The SMILES string of the molecule is O=C(O)C1CCN(S(=O)(=O)Cc2cccc(F)c2)C2(CCC2)C1. The maximum absolute atomic E-state index is 13.3. The van der Waals surface area contributed by atoms with Crippen molar-refractivity contribution in [1.29, 1.82) is 0 Å². The van der Waals surface area contributed by atoms with Gasteiger partial charge in [0.15, 0.2) is 0 Å². The molecule has 0 aromatic heterocycles. The predicted octanol–water partition coefficient (Wildman–Crippen LogP) is 2.37. The zero-order chi connectivity index (χ0) is 16.7. The third kappa shape index (κ3) is 3.12. The van der Waals surface area contributed by atoms with E-state index < -0.39 is 33.3 Å². The first-order chi connectivity index (χ1) is 10.8. The van der Waals surface area contributed by atoms with E-state index in [1.807, 2.05) is 0 Å². The second-order valence-electron chi connectivity index (χ2n) is 6.56. The monoisotopic (exact) mass is 341 g/mol. The Labute approximate surface area is 135 Å². The summed E-state index contributed by atoms with van der Waals surface area (Å²) < 4.78 is 40.4. The largest absolute Gasteiger partial charge is 0.481 e. The summed E-state index contributed by atoms with van der Waals surface area (Å²) in [5.74, 6) is -2.03. The summed E-state index contributed by atoms with van der Waals surface area (Å²) in [7, 11) is -3.60. The highest BCUT2D eigenvalue weighted by atomic mass is 32.2. The number of sulfonamides is 1. The molecule has 2 aliphatic rings. The number of halogens is 1. The van der Waals surface area contributed by atoms with Crippen LogP contribution in [0.4, 0.5) is 4.39 Å². The van der Waals surface area contributed by atoms with Gasteiger partial charge >= 0.3 is 5.97 Å². The van der Waals surface area contributed by atoms with Crippen LogP contribution in [-0.2, 0) is 20.6 Å². The standard InChI is InChI=1S/C16H20FNO4S/c17-14-4-1-3-12(9-14)11-23(21,22)18-8-5-13(15(19)20)10-16(18)6-2-7-16/h1,3-4,9,13H,2,5-8,10-11H2,(H,19,20). The van der Waals surface area contributed by atoms with Crippen molar-refractivity contribution in [3.63, 3.8) is 0 Å². The molecule has 1 aromatic carbocycles. The highest BCUT2D eigenvalue weighted by molar-refractivity contribution is 7.88. The molecule has 1 aromatic rings.